The van der Waals surface area contributed by atoms with Crippen LogP contribution in [0.2, 0.25) is 5.02 Å². The number of carbonyl (C=O) groups is 1. The molecule has 0 aliphatic heterocycles. The van der Waals surface area contributed by atoms with Gasteiger partial charge >= 0.3 is 6.18 Å². The van der Waals surface area contributed by atoms with Gasteiger partial charge in [0.1, 0.15) is 6.61 Å². The Morgan fingerprint density at radius 1 is 1.31 bits per heavy atom. The summed E-state index contributed by atoms with van der Waals surface area (Å²) < 4.78 is 57.5. The monoisotopic (exact) mass is 512 g/mol. The summed E-state index contributed by atoms with van der Waals surface area (Å²) in [5.74, 6) is 3.44. The number of likely N-dealkylation sites (N-methyl/N-ethyl adjacent to an activating group) is 1. The molecule has 0 saturated carbocycles. The summed E-state index contributed by atoms with van der Waals surface area (Å²) in [5.41, 5.74) is -0.465. The molecule has 0 N–H and O–H groups in total. The molecular formula is C24H25ClF4N4O2. The van der Waals surface area contributed by atoms with Crippen LogP contribution in [0.15, 0.2) is 35.6 Å². The van der Waals surface area contributed by atoms with E-state index in [1.165, 1.54) is 16.1 Å². The lowest BCUT2D eigenvalue weighted by atomic mass is 10.1. The van der Waals surface area contributed by atoms with Crippen LogP contribution in [0.1, 0.15) is 43.1 Å². The van der Waals surface area contributed by atoms with Gasteiger partial charge in [0.05, 0.1) is 29.1 Å². The van der Waals surface area contributed by atoms with Gasteiger partial charge in [0, 0.05) is 31.2 Å². The molecule has 0 saturated heterocycles. The molecule has 1 amide bonds. The molecule has 1 unspecified atom stereocenters. The number of hydrogen-bond donors (Lipinski definition) is 0. The lowest BCUT2D eigenvalue weighted by molar-refractivity contribution is -0.138. The highest BCUT2D eigenvalue weighted by Crippen LogP contribution is 2.31. The Morgan fingerprint density at radius 3 is 2.63 bits per heavy atom. The molecule has 188 valence electrons. The number of aromatic nitrogens is 1. The minimum Gasteiger partial charge on any atom is -0.473 e. The fourth-order valence-corrected chi connectivity index (χ4v) is 3.23. The second kappa shape index (κ2) is 12.4. The molecule has 6 nitrogen and oxygen atoms in total. The second-order valence-corrected chi connectivity index (χ2v) is 7.80. The third-order valence-electron chi connectivity index (χ3n) is 4.84. The summed E-state index contributed by atoms with van der Waals surface area (Å²) in [6.45, 7) is 5.41. The summed E-state index contributed by atoms with van der Waals surface area (Å²) >= 11 is 6.13. The van der Waals surface area contributed by atoms with E-state index < -0.39 is 29.5 Å². The SMILES string of the molecule is CCC#C/C=N\N(C)c1cc(Cl)ccc1C(=O)N(CC)C(C)COc1ncc(C(F)(F)F)cc1F. The van der Waals surface area contributed by atoms with Crippen molar-refractivity contribution in [3.63, 3.8) is 0 Å². The van der Waals surface area contributed by atoms with Crippen molar-refractivity contribution in [2.75, 3.05) is 25.2 Å². The van der Waals surface area contributed by atoms with Gasteiger partial charge < -0.3 is 9.64 Å². The molecule has 1 atom stereocenters. The molecule has 35 heavy (non-hydrogen) atoms. The van der Waals surface area contributed by atoms with Gasteiger partial charge in [-0.2, -0.15) is 18.3 Å². The number of hydrazone groups is 1. The Balaban J connectivity index is 2.21. The van der Waals surface area contributed by atoms with Gasteiger partial charge in [-0.1, -0.05) is 30.4 Å². The first-order chi connectivity index (χ1) is 16.5. The predicted octanol–water partition coefficient (Wildman–Crippen LogP) is 5.66. The first kappa shape index (κ1) is 27.9. The molecule has 0 spiro atoms. The summed E-state index contributed by atoms with van der Waals surface area (Å²) in [6.07, 6.45) is -2.14. The predicted molar refractivity (Wildman–Crippen MR) is 127 cm³/mol. The normalized spacial score (nSPS) is 12.1. The average Bonchev–Trinajstić information content (AvgIpc) is 2.80. The largest absolute Gasteiger partial charge is 0.473 e. The zero-order valence-electron chi connectivity index (χ0n) is 19.7. The average molecular weight is 513 g/mol. The first-order valence-corrected chi connectivity index (χ1v) is 11.1. The van der Waals surface area contributed by atoms with E-state index in [9.17, 15) is 22.4 Å². The summed E-state index contributed by atoms with van der Waals surface area (Å²) in [5, 5.41) is 6.08. The van der Waals surface area contributed by atoms with E-state index in [2.05, 4.69) is 21.9 Å². The Labute approximate surface area is 206 Å². The number of amides is 1. The van der Waals surface area contributed by atoms with Crippen LogP contribution in [-0.4, -0.2) is 48.2 Å². The molecule has 0 bridgehead atoms. The number of rotatable bonds is 8. The van der Waals surface area contributed by atoms with Crippen LogP contribution in [0.25, 0.3) is 0 Å². The number of carbonyl (C=O) groups excluding carboxylic acids is 1. The van der Waals surface area contributed by atoms with E-state index in [1.54, 1.807) is 39.1 Å². The zero-order valence-corrected chi connectivity index (χ0v) is 20.4. The maximum atomic E-state index is 14.1. The number of alkyl halides is 3. The molecule has 0 aliphatic carbocycles. The topological polar surface area (TPSA) is 58.0 Å². The first-order valence-electron chi connectivity index (χ1n) is 10.7. The maximum Gasteiger partial charge on any atom is 0.417 e. The third kappa shape index (κ3) is 7.59. The van der Waals surface area contributed by atoms with Gasteiger partial charge in [-0.3, -0.25) is 9.80 Å². The highest BCUT2D eigenvalue weighted by atomic mass is 35.5. The van der Waals surface area contributed by atoms with Gasteiger partial charge in [-0.15, -0.1) is 0 Å². The zero-order chi connectivity index (χ0) is 26.2. The third-order valence-corrected chi connectivity index (χ3v) is 5.08. The van der Waals surface area contributed by atoms with E-state index in [4.69, 9.17) is 16.3 Å². The molecule has 1 aromatic heterocycles. The number of hydrogen-bond acceptors (Lipinski definition) is 5. The van der Waals surface area contributed by atoms with E-state index >= 15 is 0 Å². The minimum absolute atomic E-state index is 0.196. The molecule has 11 heteroatoms. The van der Waals surface area contributed by atoms with Crippen LogP contribution >= 0.6 is 11.6 Å². The van der Waals surface area contributed by atoms with Gasteiger partial charge in [0.15, 0.2) is 5.82 Å². The number of benzene rings is 1. The van der Waals surface area contributed by atoms with Crippen LogP contribution in [-0.2, 0) is 6.18 Å². The van der Waals surface area contributed by atoms with Crippen molar-refractivity contribution < 1.29 is 27.1 Å². The molecule has 1 aromatic carbocycles. The van der Waals surface area contributed by atoms with Crippen LogP contribution in [0.5, 0.6) is 5.88 Å². The standard InChI is InChI=1S/C24H25ClF4N4O2/c1-5-7-8-11-31-32(4)21-13-18(25)9-10-19(21)23(34)33(6-2)16(3)15-35-22-20(26)12-17(14-30-22)24(27,28)29/h9-14,16H,5-6,15H2,1-4H3/b31-11-. The molecule has 0 fully saturated rings. The van der Waals surface area contributed by atoms with E-state index in [1.807, 2.05) is 6.92 Å². The molecule has 0 radical (unpaired) electrons. The van der Waals surface area contributed by atoms with Crippen LogP contribution in [0, 0.1) is 17.7 Å². The molecule has 1 heterocycles. The number of pyridine rings is 1. The van der Waals surface area contributed by atoms with Crippen LogP contribution in [0.4, 0.5) is 23.2 Å². The van der Waals surface area contributed by atoms with Crippen molar-refractivity contribution in [1.29, 1.82) is 0 Å². The van der Waals surface area contributed by atoms with Crippen molar-refractivity contribution in [1.82, 2.24) is 9.88 Å². The quantitative estimate of drug-likeness (QED) is 0.198. The molecular weight excluding hydrogens is 488 g/mol. The van der Waals surface area contributed by atoms with Gasteiger partial charge in [0.25, 0.3) is 5.91 Å². The summed E-state index contributed by atoms with van der Waals surface area (Å²) in [6, 6.07) is 4.48. The van der Waals surface area contributed by atoms with Crippen LogP contribution < -0.4 is 9.75 Å². The lowest BCUT2D eigenvalue weighted by Gasteiger charge is -2.29. The van der Waals surface area contributed by atoms with Crippen LogP contribution in [0.3, 0.4) is 0 Å². The fraction of sp³-hybridized carbons (Fsp3) is 0.375. The second-order valence-electron chi connectivity index (χ2n) is 7.36. The smallest absolute Gasteiger partial charge is 0.417 e. The lowest BCUT2D eigenvalue weighted by Crippen LogP contribution is -2.42. The summed E-state index contributed by atoms with van der Waals surface area (Å²) in [7, 11) is 1.65. The van der Waals surface area contributed by atoms with E-state index in [0.29, 0.717) is 35.0 Å². The fourth-order valence-electron chi connectivity index (χ4n) is 3.07. The maximum absolute atomic E-state index is 14.1. The van der Waals surface area contributed by atoms with Gasteiger partial charge in [-0.05, 0) is 38.1 Å². The Hall–Kier alpha value is -3.32. The van der Waals surface area contributed by atoms with Gasteiger partial charge in [-0.25, -0.2) is 9.37 Å². The Kier molecular flexibility index (Phi) is 9.89. The van der Waals surface area contributed by atoms with Gasteiger partial charge in [0.2, 0.25) is 5.88 Å². The van der Waals surface area contributed by atoms with Crippen molar-refractivity contribution in [3.05, 3.63) is 52.4 Å². The number of ether oxygens (including phenoxy) is 1. The molecule has 0 aliphatic rings. The van der Waals surface area contributed by atoms with Crippen molar-refractivity contribution in [2.24, 2.45) is 5.10 Å². The number of nitrogens with zero attached hydrogens (tertiary/aromatic N) is 4. The highest BCUT2D eigenvalue weighted by Gasteiger charge is 2.32. The van der Waals surface area contributed by atoms with E-state index in [0.717, 1.165) is 0 Å². The molecule has 2 aromatic rings. The Morgan fingerprint density at radius 2 is 2.03 bits per heavy atom. The minimum atomic E-state index is -4.72. The Bertz CT molecular complexity index is 1130. The summed E-state index contributed by atoms with van der Waals surface area (Å²) in [4.78, 5) is 18.3. The highest BCUT2D eigenvalue weighted by molar-refractivity contribution is 6.31. The number of halogens is 5. The van der Waals surface area contributed by atoms with E-state index in [-0.39, 0.29) is 19.1 Å². The number of anilines is 1. The van der Waals surface area contributed by atoms with Crippen molar-refractivity contribution >= 4 is 29.4 Å². The molecule has 2 rings (SSSR count). The van der Waals surface area contributed by atoms with Crippen molar-refractivity contribution in [3.8, 4) is 17.7 Å². The van der Waals surface area contributed by atoms with Crippen molar-refractivity contribution in [2.45, 2.75) is 39.4 Å².